The van der Waals surface area contributed by atoms with Crippen molar-refractivity contribution in [2.75, 3.05) is 7.11 Å². The van der Waals surface area contributed by atoms with E-state index < -0.39 is 10.9 Å². The van der Waals surface area contributed by atoms with E-state index in [1.165, 1.54) is 19.2 Å². The molecule has 0 aliphatic heterocycles. The van der Waals surface area contributed by atoms with E-state index in [9.17, 15) is 14.9 Å². The number of hydrogen-bond donors (Lipinski definition) is 0. The Hall–Kier alpha value is -3.19. The number of nitro benzene ring substituents is 1. The number of non-ortho nitro benzene ring substituents is 1. The Balaban J connectivity index is 1.78. The van der Waals surface area contributed by atoms with Gasteiger partial charge in [-0.25, -0.2) is 4.79 Å². The van der Waals surface area contributed by atoms with Crippen LogP contribution in [0.5, 0.6) is 0 Å². The predicted octanol–water partition coefficient (Wildman–Crippen LogP) is 3.84. The molecule has 0 amide bonds. The zero-order chi connectivity index (χ0) is 17.8. The molecule has 0 radical (unpaired) electrons. The summed E-state index contributed by atoms with van der Waals surface area (Å²) < 4.78 is 16.0. The zero-order valence-electron chi connectivity index (χ0n) is 13.4. The van der Waals surface area contributed by atoms with Gasteiger partial charge in [-0.2, -0.15) is 0 Å². The number of benzene rings is 2. The molecule has 0 spiro atoms. The van der Waals surface area contributed by atoms with Crippen LogP contribution < -0.4 is 0 Å². The maximum Gasteiger partial charge on any atom is 0.374 e. The van der Waals surface area contributed by atoms with Crippen molar-refractivity contribution < 1.29 is 23.6 Å². The van der Waals surface area contributed by atoms with Gasteiger partial charge in [0.1, 0.15) is 12.2 Å². The Morgan fingerprint density at radius 1 is 1.12 bits per heavy atom. The summed E-state index contributed by atoms with van der Waals surface area (Å²) >= 11 is 0. The average Bonchev–Trinajstić information content (AvgIpc) is 2.99. The molecule has 0 aliphatic rings. The van der Waals surface area contributed by atoms with Crippen LogP contribution in [0.25, 0.3) is 11.0 Å². The quantitative estimate of drug-likeness (QED) is 0.384. The smallest absolute Gasteiger partial charge is 0.374 e. The molecule has 0 saturated carbocycles. The van der Waals surface area contributed by atoms with Crippen LogP contribution in [0, 0.1) is 10.1 Å². The van der Waals surface area contributed by atoms with Gasteiger partial charge in [0.05, 0.1) is 11.5 Å². The molecule has 128 valence electrons. The van der Waals surface area contributed by atoms with Crippen molar-refractivity contribution >= 4 is 22.6 Å². The highest BCUT2D eigenvalue weighted by Gasteiger charge is 2.21. The van der Waals surface area contributed by atoms with E-state index >= 15 is 0 Å². The van der Waals surface area contributed by atoms with Crippen LogP contribution in [0.2, 0.25) is 0 Å². The minimum atomic E-state index is -0.610. The average molecular weight is 341 g/mol. The third-order valence-corrected chi connectivity index (χ3v) is 3.69. The minimum Gasteiger partial charge on any atom is -0.455 e. The maximum absolute atomic E-state index is 12.4. The van der Waals surface area contributed by atoms with E-state index in [0.717, 1.165) is 5.39 Å². The number of rotatable bonds is 6. The van der Waals surface area contributed by atoms with E-state index in [1.54, 1.807) is 18.2 Å². The lowest BCUT2D eigenvalue weighted by molar-refractivity contribution is -0.384. The van der Waals surface area contributed by atoms with Gasteiger partial charge < -0.3 is 13.9 Å². The summed E-state index contributed by atoms with van der Waals surface area (Å²) in [5.74, 6) is -0.508. The number of esters is 1. The number of hydrogen-bond acceptors (Lipinski definition) is 6. The first-order valence-electron chi connectivity index (χ1n) is 7.50. The number of carbonyl (C=O) groups excluding carboxylic acids is 1. The Bertz CT molecular complexity index is 913. The van der Waals surface area contributed by atoms with Crippen LogP contribution in [0.1, 0.15) is 21.7 Å². The van der Waals surface area contributed by atoms with Crippen molar-refractivity contribution in [1.82, 2.24) is 0 Å². The Morgan fingerprint density at radius 2 is 1.84 bits per heavy atom. The van der Waals surface area contributed by atoms with Crippen molar-refractivity contribution in [3.05, 3.63) is 75.5 Å². The standard InChI is InChI=1S/C18H15NO6/c1-23-11-15-14-4-2-3-5-16(14)25-17(15)18(20)24-10-12-6-8-13(9-7-12)19(21)22/h2-9H,10-11H2,1H3. The first-order valence-corrected chi connectivity index (χ1v) is 7.50. The lowest BCUT2D eigenvalue weighted by atomic mass is 10.1. The molecule has 0 fully saturated rings. The summed E-state index contributed by atoms with van der Waals surface area (Å²) in [5, 5.41) is 11.4. The number of nitrogens with zero attached hydrogens (tertiary/aromatic N) is 1. The van der Waals surface area contributed by atoms with Gasteiger partial charge in [-0.05, 0) is 23.8 Å². The van der Waals surface area contributed by atoms with E-state index in [-0.39, 0.29) is 24.7 Å². The molecule has 0 saturated heterocycles. The highest BCUT2D eigenvalue weighted by molar-refractivity contribution is 5.96. The minimum absolute atomic E-state index is 0.0136. The van der Waals surface area contributed by atoms with Crippen LogP contribution in [0.15, 0.2) is 52.9 Å². The van der Waals surface area contributed by atoms with Gasteiger partial charge in [-0.1, -0.05) is 18.2 Å². The Labute approximate surface area is 142 Å². The molecule has 3 aromatic rings. The topological polar surface area (TPSA) is 91.8 Å². The van der Waals surface area contributed by atoms with Crippen molar-refractivity contribution in [3.8, 4) is 0 Å². The van der Waals surface area contributed by atoms with Gasteiger partial charge in [0.2, 0.25) is 5.76 Å². The van der Waals surface area contributed by atoms with E-state index in [2.05, 4.69) is 0 Å². The summed E-state index contributed by atoms with van der Waals surface area (Å²) in [4.78, 5) is 22.5. The second-order valence-electron chi connectivity index (χ2n) is 5.34. The number of para-hydroxylation sites is 1. The molecule has 2 aromatic carbocycles. The zero-order valence-corrected chi connectivity index (χ0v) is 13.4. The number of nitro groups is 1. The molecule has 0 bridgehead atoms. The largest absolute Gasteiger partial charge is 0.455 e. The van der Waals surface area contributed by atoms with Crippen LogP contribution in [-0.2, 0) is 22.7 Å². The highest BCUT2D eigenvalue weighted by Crippen LogP contribution is 2.27. The summed E-state index contributed by atoms with van der Waals surface area (Å²) in [6.07, 6.45) is 0. The molecular weight excluding hydrogens is 326 g/mol. The fourth-order valence-electron chi connectivity index (χ4n) is 2.48. The van der Waals surface area contributed by atoms with Gasteiger partial charge in [0.15, 0.2) is 0 Å². The summed E-state index contributed by atoms with van der Waals surface area (Å²) in [6, 6.07) is 13.1. The number of furan rings is 1. The number of methoxy groups -OCH3 is 1. The number of ether oxygens (including phenoxy) is 2. The van der Waals surface area contributed by atoms with Crippen LogP contribution in [0.3, 0.4) is 0 Å². The molecule has 3 rings (SSSR count). The van der Waals surface area contributed by atoms with E-state index in [1.807, 2.05) is 18.2 Å². The maximum atomic E-state index is 12.4. The normalized spacial score (nSPS) is 10.8. The lowest BCUT2D eigenvalue weighted by Crippen LogP contribution is -2.07. The van der Waals surface area contributed by atoms with Crippen LogP contribution in [0.4, 0.5) is 5.69 Å². The van der Waals surface area contributed by atoms with Gasteiger partial charge in [0.25, 0.3) is 5.69 Å². The van der Waals surface area contributed by atoms with Gasteiger partial charge in [-0.15, -0.1) is 0 Å². The molecule has 25 heavy (non-hydrogen) atoms. The number of carbonyl (C=O) groups is 1. The Kier molecular flexibility index (Phi) is 4.76. The van der Waals surface area contributed by atoms with E-state index in [4.69, 9.17) is 13.9 Å². The third kappa shape index (κ3) is 3.51. The predicted molar refractivity (Wildman–Crippen MR) is 89.1 cm³/mol. The molecule has 0 N–H and O–H groups in total. The monoisotopic (exact) mass is 341 g/mol. The molecule has 7 heteroatoms. The Morgan fingerprint density at radius 3 is 2.52 bits per heavy atom. The van der Waals surface area contributed by atoms with Crippen molar-refractivity contribution in [2.45, 2.75) is 13.2 Å². The summed E-state index contributed by atoms with van der Waals surface area (Å²) in [7, 11) is 1.54. The molecule has 1 aromatic heterocycles. The number of fused-ring (bicyclic) bond motifs is 1. The fourth-order valence-corrected chi connectivity index (χ4v) is 2.48. The van der Waals surface area contributed by atoms with E-state index in [0.29, 0.717) is 16.7 Å². The van der Waals surface area contributed by atoms with Crippen LogP contribution in [-0.4, -0.2) is 18.0 Å². The second-order valence-corrected chi connectivity index (χ2v) is 5.34. The summed E-state index contributed by atoms with van der Waals surface area (Å²) in [5.41, 5.74) is 1.83. The molecule has 1 heterocycles. The molecule has 0 atom stereocenters. The van der Waals surface area contributed by atoms with Gasteiger partial charge in [-0.3, -0.25) is 10.1 Å². The molecule has 7 nitrogen and oxygen atoms in total. The highest BCUT2D eigenvalue weighted by atomic mass is 16.6. The second kappa shape index (κ2) is 7.14. The molecular formula is C18H15NO6. The molecule has 0 unspecified atom stereocenters. The fraction of sp³-hybridized carbons (Fsp3) is 0.167. The van der Waals surface area contributed by atoms with Crippen LogP contribution >= 0.6 is 0 Å². The van der Waals surface area contributed by atoms with Gasteiger partial charge >= 0.3 is 5.97 Å². The van der Waals surface area contributed by atoms with Crippen molar-refractivity contribution in [1.29, 1.82) is 0 Å². The third-order valence-electron chi connectivity index (χ3n) is 3.69. The first kappa shape index (κ1) is 16.7. The molecule has 0 aliphatic carbocycles. The van der Waals surface area contributed by atoms with Crippen molar-refractivity contribution in [3.63, 3.8) is 0 Å². The summed E-state index contributed by atoms with van der Waals surface area (Å²) in [6.45, 7) is 0.208. The van der Waals surface area contributed by atoms with Crippen molar-refractivity contribution in [2.24, 2.45) is 0 Å². The lowest BCUT2D eigenvalue weighted by Gasteiger charge is -2.05. The SMILES string of the molecule is COCc1c(C(=O)OCc2ccc([N+](=O)[O-])cc2)oc2ccccc12. The van der Waals surface area contributed by atoms with Gasteiger partial charge in [0, 0.05) is 30.2 Å². The first-order chi connectivity index (χ1) is 12.1.